The Morgan fingerprint density at radius 3 is 2.64 bits per heavy atom. The van der Waals surface area contributed by atoms with Crippen molar-refractivity contribution in [2.24, 2.45) is 10.9 Å². The number of nitrogens with one attached hydrogen (secondary N) is 1. The number of likely N-dealkylation sites (tertiary alicyclic amines) is 1. The van der Waals surface area contributed by atoms with Gasteiger partial charge in [0, 0.05) is 31.7 Å². The Morgan fingerprint density at radius 1 is 1.18 bits per heavy atom. The molecule has 1 aromatic rings. The van der Waals surface area contributed by atoms with Crippen LogP contribution in [0.15, 0.2) is 29.3 Å². The van der Waals surface area contributed by atoms with Crippen LogP contribution in [0.2, 0.25) is 0 Å². The van der Waals surface area contributed by atoms with Crippen LogP contribution in [0.5, 0.6) is 5.75 Å². The summed E-state index contributed by atoms with van der Waals surface area (Å²) in [6.45, 7) is 13.9. The zero-order valence-electron chi connectivity index (χ0n) is 18.0. The van der Waals surface area contributed by atoms with Crippen LogP contribution in [-0.2, 0) is 6.54 Å². The van der Waals surface area contributed by atoms with E-state index in [2.05, 4.69) is 60.2 Å². The first-order chi connectivity index (χ1) is 13.7. The summed E-state index contributed by atoms with van der Waals surface area (Å²) in [5.41, 5.74) is 1.18. The molecule has 0 spiro atoms. The molecule has 5 heteroatoms. The van der Waals surface area contributed by atoms with E-state index in [0.29, 0.717) is 12.6 Å². The highest BCUT2D eigenvalue weighted by molar-refractivity contribution is 5.80. The summed E-state index contributed by atoms with van der Waals surface area (Å²) in [5, 5.41) is 3.50. The van der Waals surface area contributed by atoms with Crippen molar-refractivity contribution < 1.29 is 4.74 Å². The third kappa shape index (κ3) is 5.63. The molecule has 0 aromatic heterocycles. The number of para-hydroxylation sites is 1. The first-order valence-electron chi connectivity index (χ1n) is 11.2. The number of rotatable bonds is 9. The maximum Gasteiger partial charge on any atom is 0.194 e. The van der Waals surface area contributed by atoms with Crippen LogP contribution in [0.25, 0.3) is 0 Å². The number of hydrogen-bond donors (Lipinski definition) is 1. The zero-order chi connectivity index (χ0) is 19.8. The summed E-state index contributed by atoms with van der Waals surface area (Å²) < 4.78 is 6.18. The van der Waals surface area contributed by atoms with Crippen LogP contribution >= 0.6 is 0 Å². The highest BCUT2D eigenvalue weighted by atomic mass is 16.5. The van der Waals surface area contributed by atoms with Gasteiger partial charge in [-0.15, -0.1) is 0 Å². The minimum absolute atomic E-state index is 0.401. The predicted molar refractivity (Wildman–Crippen MR) is 117 cm³/mol. The molecule has 1 aromatic carbocycles. The second-order valence-corrected chi connectivity index (χ2v) is 8.04. The molecule has 0 radical (unpaired) electrons. The first-order valence-corrected chi connectivity index (χ1v) is 11.2. The van der Waals surface area contributed by atoms with E-state index < -0.39 is 0 Å². The third-order valence-corrected chi connectivity index (χ3v) is 6.05. The topological polar surface area (TPSA) is 40.1 Å². The minimum Gasteiger partial charge on any atom is -0.490 e. The Morgan fingerprint density at radius 2 is 1.96 bits per heavy atom. The number of aliphatic imine (C=N–C) groups is 1. The third-order valence-electron chi connectivity index (χ3n) is 6.05. The molecular formula is C23H38N4O. The van der Waals surface area contributed by atoms with Gasteiger partial charge in [0.15, 0.2) is 5.96 Å². The number of guanidine groups is 1. The molecule has 0 amide bonds. The van der Waals surface area contributed by atoms with Crippen LogP contribution in [0, 0.1) is 5.92 Å². The Labute approximate surface area is 171 Å². The average Bonchev–Trinajstić information content (AvgIpc) is 3.15. The molecule has 1 unspecified atom stereocenters. The Bertz CT molecular complexity index is 625. The maximum absolute atomic E-state index is 6.18. The lowest BCUT2D eigenvalue weighted by Crippen LogP contribution is -2.40. The van der Waals surface area contributed by atoms with E-state index in [-0.39, 0.29) is 0 Å². The average molecular weight is 387 g/mol. The Kier molecular flexibility index (Phi) is 8.01. The van der Waals surface area contributed by atoms with Gasteiger partial charge in [0.1, 0.15) is 5.75 Å². The fourth-order valence-corrected chi connectivity index (χ4v) is 4.02. The van der Waals surface area contributed by atoms with E-state index in [1.807, 2.05) is 0 Å². The fourth-order valence-electron chi connectivity index (χ4n) is 4.02. The standard InChI is InChI=1S/C23H38N4O/c1-4-24-23(27-15-14-19(18-27)17-26(5-2)6-3)25-16-20-10-7-8-13-22(20)28-21-11-9-12-21/h7-8,10,13,19,21H,4-6,9,11-12,14-18H2,1-3H3,(H,24,25). The largest absolute Gasteiger partial charge is 0.490 e. The molecule has 1 aliphatic carbocycles. The van der Waals surface area contributed by atoms with Crippen molar-refractivity contribution in [1.82, 2.24) is 15.1 Å². The fraction of sp³-hybridized carbons (Fsp3) is 0.696. The summed E-state index contributed by atoms with van der Waals surface area (Å²) in [6.07, 6.45) is 5.31. The molecule has 3 rings (SSSR count). The molecule has 28 heavy (non-hydrogen) atoms. The van der Waals surface area contributed by atoms with Crippen molar-refractivity contribution in [3.8, 4) is 5.75 Å². The predicted octanol–water partition coefficient (Wildman–Crippen LogP) is 3.75. The van der Waals surface area contributed by atoms with Gasteiger partial charge in [-0.2, -0.15) is 0 Å². The lowest BCUT2D eigenvalue weighted by atomic mass is 9.96. The molecule has 2 fully saturated rings. The highest BCUT2D eigenvalue weighted by Crippen LogP contribution is 2.28. The van der Waals surface area contributed by atoms with Crippen molar-refractivity contribution >= 4 is 5.96 Å². The summed E-state index contributed by atoms with van der Waals surface area (Å²) in [5.74, 6) is 2.79. The second kappa shape index (κ2) is 10.7. The molecule has 156 valence electrons. The molecule has 0 bridgehead atoms. The van der Waals surface area contributed by atoms with Crippen molar-refractivity contribution in [2.45, 2.75) is 59.1 Å². The maximum atomic E-state index is 6.18. The van der Waals surface area contributed by atoms with Crippen LogP contribution in [0.3, 0.4) is 0 Å². The van der Waals surface area contributed by atoms with Gasteiger partial charge in [-0.05, 0) is 57.7 Å². The molecule has 2 aliphatic rings. The summed E-state index contributed by atoms with van der Waals surface area (Å²) in [7, 11) is 0. The van der Waals surface area contributed by atoms with Crippen molar-refractivity contribution in [3.63, 3.8) is 0 Å². The molecule has 5 nitrogen and oxygen atoms in total. The van der Waals surface area contributed by atoms with Gasteiger partial charge in [0.05, 0.1) is 12.6 Å². The molecule has 1 heterocycles. The van der Waals surface area contributed by atoms with E-state index in [1.54, 1.807) is 0 Å². The van der Waals surface area contributed by atoms with E-state index in [4.69, 9.17) is 9.73 Å². The first kappa shape index (κ1) is 21.0. The van der Waals surface area contributed by atoms with Gasteiger partial charge in [-0.1, -0.05) is 32.0 Å². The smallest absolute Gasteiger partial charge is 0.194 e. The summed E-state index contributed by atoms with van der Waals surface area (Å²) >= 11 is 0. The molecular weight excluding hydrogens is 348 g/mol. The minimum atomic E-state index is 0.401. The lowest BCUT2D eigenvalue weighted by Gasteiger charge is -2.27. The van der Waals surface area contributed by atoms with Gasteiger partial charge < -0.3 is 19.9 Å². The van der Waals surface area contributed by atoms with Crippen LogP contribution < -0.4 is 10.1 Å². The zero-order valence-corrected chi connectivity index (χ0v) is 18.0. The number of hydrogen-bond acceptors (Lipinski definition) is 3. The van der Waals surface area contributed by atoms with Crippen LogP contribution in [0.4, 0.5) is 0 Å². The van der Waals surface area contributed by atoms with Gasteiger partial charge in [-0.25, -0.2) is 4.99 Å². The van der Waals surface area contributed by atoms with E-state index in [0.717, 1.165) is 50.4 Å². The SMILES string of the molecule is CCNC(=NCc1ccccc1OC1CCC1)N1CCC(CN(CC)CC)C1. The molecule has 1 saturated carbocycles. The van der Waals surface area contributed by atoms with Crippen molar-refractivity contribution in [1.29, 1.82) is 0 Å². The number of nitrogens with zero attached hydrogens (tertiary/aromatic N) is 3. The van der Waals surface area contributed by atoms with Gasteiger partial charge >= 0.3 is 0 Å². The van der Waals surface area contributed by atoms with Gasteiger partial charge in [-0.3, -0.25) is 0 Å². The normalized spacial score (nSPS) is 20.5. The molecule has 1 saturated heterocycles. The van der Waals surface area contributed by atoms with Gasteiger partial charge in [0.2, 0.25) is 0 Å². The number of ether oxygens (including phenoxy) is 1. The highest BCUT2D eigenvalue weighted by Gasteiger charge is 2.26. The molecule has 1 aliphatic heterocycles. The van der Waals surface area contributed by atoms with Crippen LogP contribution in [-0.4, -0.2) is 61.1 Å². The summed E-state index contributed by atoms with van der Waals surface area (Å²) in [6, 6.07) is 8.38. The van der Waals surface area contributed by atoms with Gasteiger partial charge in [0.25, 0.3) is 0 Å². The van der Waals surface area contributed by atoms with Crippen molar-refractivity contribution in [3.05, 3.63) is 29.8 Å². The quantitative estimate of drug-likeness (QED) is 0.518. The Balaban J connectivity index is 1.62. The van der Waals surface area contributed by atoms with Crippen LogP contribution in [0.1, 0.15) is 52.0 Å². The van der Waals surface area contributed by atoms with E-state index in [1.165, 1.54) is 37.8 Å². The van der Waals surface area contributed by atoms with E-state index in [9.17, 15) is 0 Å². The molecule has 1 atom stereocenters. The molecule has 1 N–H and O–H groups in total. The van der Waals surface area contributed by atoms with Crippen molar-refractivity contribution in [2.75, 3.05) is 39.3 Å². The monoisotopic (exact) mass is 386 g/mol. The number of benzene rings is 1. The Hall–Kier alpha value is -1.75. The van der Waals surface area contributed by atoms with E-state index >= 15 is 0 Å². The lowest BCUT2D eigenvalue weighted by molar-refractivity contribution is 0.119. The summed E-state index contributed by atoms with van der Waals surface area (Å²) in [4.78, 5) is 9.94. The second-order valence-electron chi connectivity index (χ2n) is 8.04.